The zero-order valence-corrected chi connectivity index (χ0v) is 11.8. The van der Waals surface area contributed by atoms with Crippen LogP contribution in [-0.2, 0) is 4.74 Å². The molecule has 2 rings (SSSR count). The minimum absolute atomic E-state index is 0.296. The maximum Gasteiger partial charge on any atom is 0.419 e. The second-order valence-electron chi connectivity index (χ2n) is 5.23. The Kier molecular flexibility index (Phi) is 3.36. The molecule has 0 aliphatic carbocycles. The van der Waals surface area contributed by atoms with Gasteiger partial charge in [-0.1, -0.05) is 0 Å². The quantitative estimate of drug-likeness (QED) is 0.798. The van der Waals surface area contributed by atoms with Gasteiger partial charge in [0.1, 0.15) is 17.2 Å². The molecule has 0 N–H and O–H groups in total. The Labute approximate surface area is 116 Å². The summed E-state index contributed by atoms with van der Waals surface area (Å²) >= 11 is 0. The molecule has 2 heterocycles. The molecule has 0 radical (unpaired) electrons. The molecule has 104 valence electrons. The van der Waals surface area contributed by atoms with Crippen molar-refractivity contribution >= 4 is 17.1 Å². The zero-order valence-electron chi connectivity index (χ0n) is 11.8. The van der Waals surface area contributed by atoms with Crippen molar-refractivity contribution in [1.29, 1.82) is 5.26 Å². The van der Waals surface area contributed by atoms with E-state index < -0.39 is 11.7 Å². The fourth-order valence-corrected chi connectivity index (χ4v) is 1.74. The number of methoxy groups -OCH3 is 1. The third-order valence-electron chi connectivity index (χ3n) is 2.54. The van der Waals surface area contributed by atoms with Gasteiger partial charge >= 0.3 is 6.09 Å². The van der Waals surface area contributed by atoms with E-state index in [4.69, 9.17) is 14.7 Å². The molecule has 2 aromatic rings. The average molecular weight is 273 g/mol. The fourth-order valence-electron chi connectivity index (χ4n) is 1.74. The van der Waals surface area contributed by atoms with Crippen LogP contribution in [0.25, 0.3) is 11.0 Å². The standard InChI is InChI=1S/C14H15N3O3/c1-14(2,3)20-13(18)17-8-9(7-15)12-10(17)5-6-11(16-12)19-4/h5-6,8H,1-4H3. The maximum absolute atomic E-state index is 12.1. The van der Waals surface area contributed by atoms with Crippen LogP contribution in [0.5, 0.6) is 5.88 Å². The fraction of sp³-hybridized carbons (Fsp3) is 0.357. The summed E-state index contributed by atoms with van der Waals surface area (Å²) in [7, 11) is 1.49. The van der Waals surface area contributed by atoms with E-state index in [2.05, 4.69) is 4.98 Å². The number of hydrogen-bond donors (Lipinski definition) is 0. The molecule has 0 spiro atoms. The maximum atomic E-state index is 12.1. The van der Waals surface area contributed by atoms with Crippen molar-refractivity contribution in [2.45, 2.75) is 26.4 Å². The summed E-state index contributed by atoms with van der Waals surface area (Å²) in [4.78, 5) is 16.3. The average Bonchev–Trinajstić information content (AvgIpc) is 2.74. The number of nitriles is 1. The van der Waals surface area contributed by atoms with Crippen LogP contribution in [0.15, 0.2) is 18.3 Å². The number of ether oxygens (including phenoxy) is 2. The Morgan fingerprint density at radius 2 is 2.10 bits per heavy atom. The monoisotopic (exact) mass is 273 g/mol. The van der Waals surface area contributed by atoms with Gasteiger partial charge in [0.2, 0.25) is 5.88 Å². The third kappa shape index (κ3) is 2.57. The van der Waals surface area contributed by atoms with Gasteiger partial charge in [-0.05, 0) is 26.8 Å². The number of carbonyl (C=O) groups excluding carboxylic acids is 1. The predicted octanol–water partition coefficient (Wildman–Crippen LogP) is 2.70. The first-order chi connectivity index (χ1) is 9.35. The Balaban J connectivity index is 2.55. The van der Waals surface area contributed by atoms with Gasteiger partial charge in [-0.3, -0.25) is 0 Å². The summed E-state index contributed by atoms with van der Waals surface area (Å²) in [6, 6.07) is 5.31. The molecule has 0 bridgehead atoms. The minimum Gasteiger partial charge on any atom is -0.481 e. The molecule has 0 amide bonds. The lowest BCUT2D eigenvalue weighted by Crippen LogP contribution is -2.26. The van der Waals surface area contributed by atoms with E-state index in [1.54, 1.807) is 32.9 Å². The van der Waals surface area contributed by atoms with Crippen LogP contribution in [0.3, 0.4) is 0 Å². The number of fused-ring (bicyclic) bond motifs is 1. The highest BCUT2D eigenvalue weighted by atomic mass is 16.6. The normalized spacial score (nSPS) is 11.2. The summed E-state index contributed by atoms with van der Waals surface area (Å²) in [5.41, 5.74) is 0.611. The van der Waals surface area contributed by atoms with Gasteiger partial charge in [0.15, 0.2) is 0 Å². The van der Waals surface area contributed by atoms with Gasteiger partial charge in [0.05, 0.1) is 18.2 Å². The number of rotatable bonds is 1. The molecule has 0 fully saturated rings. The van der Waals surface area contributed by atoms with E-state index in [9.17, 15) is 4.79 Å². The first-order valence-electron chi connectivity index (χ1n) is 6.05. The number of pyridine rings is 1. The highest BCUT2D eigenvalue weighted by Crippen LogP contribution is 2.23. The van der Waals surface area contributed by atoms with Crippen molar-refractivity contribution in [3.05, 3.63) is 23.9 Å². The van der Waals surface area contributed by atoms with Crippen molar-refractivity contribution in [2.24, 2.45) is 0 Å². The lowest BCUT2D eigenvalue weighted by molar-refractivity contribution is 0.0544. The van der Waals surface area contributed by atoms with E-state index in [0.717, 1.165) is 0 Å². The lowest BCUT2D eigenvalue weighted by Gasteiger charge is -2.19. The van der Waals surface area contributed by atoms with E-state index in [1.165, 1.54) is 17.9 Å². The second-order valence-corrected chi connectivity index (χ2v) is 5.23. The molecule has 0 aromatic carbocycles. The van der Waals surface area contributed by atoms with Gasteiger partial charge in [0.25, 0.3) is 0 Å². The Morgan fingerprint density at radius 3 is 2.65 bits per heavy atom. The Hall–Kier alpha value is -2.55. The van der Waals surface area contributed by atoms with Crippen LogP contribution in [0.1, 0.15) is 26.3 Å². The number of nitrogens with zero attached hydrogens (tertiary/aromatic N) is 3. The van der Waals surface area contributed by atoms with Crippen molar-refractivity contribution in [2.75, 3.05) is 7.11 Å². The van der Waals surface area contributed by atoms with Crippen molar-refractivity contribution in [1.82, 2.24) is 9.55 Å². The van der Waals surface area contributed by atoms with Crippen molar-refractivity contribution in [3.63, 3.8) is 0 Å². The summed E-state index contributed by atoms with van der Waals surface area (Å²) in [6.07, 6.45) is 0.876. The molecule has 0 atom stereocenters. The SMILES string of the molecule is COc1ccc2c(n1)c(C#N)cn2C(=O)OC(C)(C)C. The van der Waals surface area contributed by atoms with Crippen LogP contribution >= 0.6 is 0 Å². The molecule has 0 aliphatic heterocycles. The zero-order chi connectivity index (χ0) is 14.9. The molecule has 0 aliphatic rings. The van der Waals surface area contributed by atoms with Crippen LogP contribution in [0, 0.1) is 11.3 Å². The molecule has 2 aromatic heterocycles. The first kappa shape index (κ1) is 13.9. The summed E-state index contributed by atoms with van der Waals surface area (Å²) in [5, 5.41) is 9.13. The van der Waals surface area contributed by atoms with E-state index >= 15 is 0 Å². The minimum atomic E-state index is -0.611. The number of carbonyl (C=O) groups is 1. The second kappa shape index (κ2) is 4.85. The van der Waals surface area contributed by atoms with E-state index in [0.29, 0.717) is 22.5 Å². The summed E-state index contributed by atoms with van der Waals surface area (Å²) < 4.78 is 11.6. The van der Waals surface area contributed by atoms with Gasteiger partial charge in [0, 0.05) is 12.3 Å². The molecular weight excluding hydrogens is 258 g/mol. The molecule has 20 heavy (non-hydrogen) atoms. The molecule has 0 saturated carbocycles. The van der Waals surface area contributed by atoms with Gasteiger partial charge < -0.3 is 9.47 Å². The van der Waals surface area contributed by atoms with E-state index in [1.807, 2.05) is 6.07 Å². The summed E-state index contributed by atoms with van der Waals surface area (Å²) in [5.74, 6) is 0.385. The van der Waals surface area contributed by atoms with Crippen LogP contribution < -0.4 is 4.74 Å². The highest BCUT2D eigenvalue weighted by molar-refractivity contribution is 5.91. The van der Waals surface area contributed by atoms with Gasteiger partial charge in [-0.25, -0.2) is 14.3 Å². The topological polar surface area (TPSA) is 77.1 Å². The highest BCUT2D eigenvalue weighted by Gasteiger charge is 2.21. The van der Waals surface area contributed by atoms with Crippen LogP contribution in [-0.4, -0.2) is 28.4 Å². The predicted molar refractivity (Wildman–Crippen MR) is 72.6 cm³/mol. The largest absolute Gasteiger partial charge is 0.481 e. The van der Waals surface area contributed by atoms with Crippen molar-refractivity contribution in [3.8, 4) is 11.9 Å². The number of aromatic nitrogens is 2. The molecule has 6 nitrogen and oxygen atoms in total. The van der Waals surface area contributed by atoms with Crippen LogP contribution in [0.2, 0.25) is 0 Å². The molecule has 0 saturated heterocycles. The third-order valence-corrected chi connectivity index (χ3v) is 2.54. The van der Waals surface area contributed by atoms with Gasteiger partial charge in [-0.15, -0.1) is 0 Å². The Morgan fingerprint density at radius 1 is 1.40 bits per heavy atom. The molecule has 6 heteroatoms. The number of hydrogen-bond acceptors (Lipinski definition) is 5. The summed E-state index contributed by atoms with van der Waals surface area (Å²) in [6.45, 7) is 5.34. The van der Waals surface area contributed by atoms with Crippen LogP contribution in [0.4, 0.5) is 4.79 Å². The van der Waals surface area contributed by atoms with Crippen molar-refractivity contribution < 1.29 is 14.3 Å². The molecular formula is C14H15N3O3. The first-order valence-corrected chi connectivity index (χ1v) is 6.05. The smallest absolute Gasteiger partial charge is 0.419 e. The lowest BCUT2D eigenvalue weighted by atomic mass is 10.2. The Bertz CT molecular complexity index is 705. The van der Waals surface area contributed by atoms with Gasteiger partial charge in [-0.2, -0.15) is 5.26 Å². The molecule has 0 unspecified atom stereocenters. The van der Waals surface area contributed by atoms with E-state index in [-0.39, 0.29) is 0 Å².